The number of rotatable bonds is 2. The van der Waals surface area contributed by atoms with Gasteiger partial charge in [-0.15, -0.1) is 0 Å². The SMILES string of the molecule is Cc1cc(=O)[nH]c([C@H](C)N2CCCN(C)C(=O)C2)n1. The van der Waals surface area contributed by atoms with Crippen molar-refractivity contribution < 1.29 is 4.79 Å². The largest absolute Gasteiger partial charge is 0.345 e. The van der Waals surface area contributed by atoms with Gasteiger partial charge in [-0.3, -0.25) is 14.5 Å². The molecule has 1 amide bonds. The molecule has 19 heavy (non-hydrogen) atoms. The standard InChI is InChI=1S/C13H20N4O2/c1-9-7-11(18)15-13(14-9)10(2)17-6-4-5-16(3)12(19)8-17/h7,10H,4-6,8H2,1-3H3,(H,14,15,18)/t10-/m0/s1. The monoisotopic (exact) mass is 264 g/mol. The Labute approximate surface area is 112 Å². The molecule has 1 aliphatic rings. The van der Waals surface area contributed by atoms with Crippen LogP contribution in [0.3, 0.4) is 0 Å². The number of hydrogen-bond acceptors (Lipinski definition) is 4. The smallest absolute Gasteiger partial charge is 0.251 e. The van der Waals surface area contributed by atoms with Crippen molar-refractivity contribution in [3.05, 3.63) is 27.9 Å². The zero-order valence-electron chi connectivity index (χ0n) is 11.6. The van der Waals surface area contributed by atoms with Crippen molar-refractivity contribution in [2.24, 2.45) is 0 Å². The molecular weight excluding hydrogens is 244 g/mol. The van der Waals surface area contributed by atoms with Crippen LogP contribution in [0.5, 0.6) is 0 Å². The van der Waals surface area contributed by atoms with E-state index in [1.165, 1.54) is 6.07 Å². The minimum Gasteiger partial charge on any atom is -0.345 e. The fourth-order valence-electron chi connectivity index (χ4n) is 2.31. The fraction of sp³-hybridized carbons (Fsp3) is 0.615. The first-order valence-electron chi connectivity index (χ1n) is 6.53. The maximum absolute atomic E-state index is 11.9. The molecule has 6 heteroatoms. The summed E-state index contributed by atoms with van der Waals surface area (Å²) in [6, 6.07) is 1.40. The van der Waals surface area contributed by atoms with Crippen molar-refractivity contribution in [2.45, 2.75) is 26.3 Å². The summed E-state index contributed by atoms with van der Waals surface area (Å²) in [5.41, 5.74) is 0.552. The predicted octanol–water partition coefficient (Wildman–Crippen LogP) is 0.303. The molecule has 1 fully saturated rings. The number of nitrogens with zero attached hydrogens (tertiary/aromatic N) is 3. The third-order valence-corrected chi connectivity index (χ3v) is 3.53. The van der Waals surface area contributed by atoms with Gasteiger partial charge in [-0.25, -0.2) is 4.98 Å². The average Bonchev–Trinajstić information content (AvgIpc) is 2.50. The molecule has 0 bridgehead atoms. The average molecular weight is 264 g/mol. The Hall–Kier alpha value is -1.69. The van der Waals surface area contributed by atoms with Gasteiger partial charge in [0.2, 0.25) is 5.91 Å². The molecule has 0 saturated carbocycles. The highest BCUT2D eigenvalue weighted by Gasteiger charge is 2.24. The lowest BCUT2D eigenvalue weighted by molar-refractivity contribution is -0.130. The first-order valence-corrected chi connectivity index (χ1v) is 6.53. The number of nitrogens with one attached hydrogen (secondary N) is 1. The van der Waals surface area contributed by atoms with Crippen molar-refractivity contribution >= 4 is 5.91 Å². The maximum Gasteiger partial charge on any atom is 0.251 e. The van der Waals surface area contributed by atoms with Crippen molar-refractivity contribution in [1.29, 1.82) is 0 Å². The van der Waals surface area contributed by atoms with Gasteiger partial charge in [-0.2, -0.15) is 0 Å². The van der Waals surface area contributed by atoms with E-state index in [4.69, 9.17) is 0 Å². The Morgan fingerprint density at radius 2 is 2.11 bits per heavy atom. The van der Waals surface area contributed by atoms with Crippen LogP contribution in [0.25, 0.3) is 0 Å². The van der Waals surface area contributed by atoms with E-state index in [0.717, 1.165) is 19.5 Å². The lowest BCUT2D eigenvalue weighted by atomic mass is 10.2. The third kappa shape index (κ3) is 3.20. The Kier molecular flexibility index (Phi) is 3.99. The van der Waals surface area contributed by atoms with Gasteiger partial charge in [0.05, 0.1) is 12.6 Å². The molecular formula is C13H20N4O2. The highest BCUT2D eigenvalue weighted by atomic mass is 16.2. The van der Waals surface area contributed by atoms with Gasteiger partial charge in [0.15, 0.2) is 0 Å². The van der Waals surface area contributed by atoms with E-state index in [2.05, 4.69) is 14.9 Å². The molecule has 1 aromatic heterocycles. The van der Waals surface area contributed by atoms with E-state index in [0.29, 0.717) is 18.1 Å². The van der Waals surface area contributed by atoms with E-state index < -0.39 is 0 Å². The predicted molar refractivity (Wildman–Crippen MR) is 71.8 cm³/mol. The number of H-pyrrole nitrogens is 1. The van der Waals surface area contributed by atoms with Crippen LogP contribution in [-0.2, 0) is 4.79 Å². The molecule has 1 aliphatic heterocycles. The van der Waals surface area contributed by atoms with Crippen molar-refractivity contribution in [3.8, 4) is 0 Å². The molecule has 2 heterocycles. The number of carbonyl (C=O) groups excluding carboxylic acids is 1. The van der Waals surface area contributed by atoms with E-state index >= 15 is 0 Å². The minimum absolute atomic E-state index is 0.0666. The number of carbonyl (C=O) groups is 1. The fourth-order valence-corrected chi connectivity index (χ4v) is 2.31. The van der Waals surface area contributed by atoms with Crippen LogP contribution in [0.4, 0.5) is 0 Å². The highest BCUT2D eigenvalue weighted by molar-refractivity contribution is 5.78. The molecule has 1 atom stereocenters. The van der Waals surface area contributed by atoms with Gasteiger partial charge in [-0.1, -0.05) is 0 Å². The van der Waals surface area contributed by atoms with Gasteiger partial charge in [0.1, 0.15) is 5.82 Å². The quantitative estimate of drug-likeness (QED) is 0.834. The molecule has 1 saturated heterocycles. The van der Waals surface area contributed by atoms with E-state index in [1.807, 2.05) is 14.0 Å². The number of aromatic amines is 1. The van der Waals surface area contributed by atoms with Gasteiger partial charge < -0.3 is 9.88 Å². The zero-order valence-corrected chi connectivity index (χ0v) is 11.6. The minimum atomic E-state index is -0.146. The van der Waals surface area contributed by atoms with Crippen LogP contribution in [0, 0.1) is 6.92 Å². The first-order chi connectivity index (χ1) is 8.97. The Balaban J connectivity index is 2.20. The molecule has 0 radical (unpaired) electrons. The number of aryl methyl sites for hydroxylation is 1. The van der Waals surface area contributed by atoms with Crippen LogP contribution >= 0.6 is 0 Å². The summed E-state index contributed by atoms with van der Waals surface area (Å²) in [4.78, 5) is 34.3. The summed E-state index contributed by atoms with van der Waals surface area (Å²) in [6.45, 7) is 5.74. The van der Waals surface area contributed by atoms with Crippen LogP contribution in [0.1, 0.15) is 30.9 Å². The summed E-state index contributed by atoms with van der Waals surface area (Å²) < 4.78 is 0. The first kappa shape index (κ1) is 13.7. The summed E-state index contributed by atoms with van der Waals surface area (Å²) in [7, 11) is 1.82. The molecule has 1 aromatic rings. The van der Waals surface area contributed by atoms with Crippen LogP contribution in [0.2, 0.25) is 0 Å². The Morgan fingerprint density at radius 1 is 1.37 bits per heavy atom. The second-order valence-electron chi connectivity index (χ2n) is 5.09. The second-order valence-corrected chi connectivity index (χ2v) is 5.09. The number of likely N-dealkylation sites (N-methyl/N-ethyl adjacent to an activating group) is 1. The van der Waals surface area contributed by atoms with Crippen molar-refractivity contribution in [2.75, 3.05) is 26.7 Å². The van der Waals surface area contributed by atoms with E-state index in [1.54, 1.807) is 11.8 Å². The zero-order chi connectivity index (χ0) is 14.0. The molecule has 0 spiro atoms. The molecule has 0 unspecified atom stereocenters. The number of aromatic nitrogens is 2. The number of hydrogen-bond donors (Lipinski definition) is 1. The lowest BCUT2D eigenvalue weighted by Crippen LogP contribution is -2.36. The maximum atomic E-state index is 11.9. The van der Waals surface area contributed by atoms with Crippen LogP contribution in [-0.4, -0.2) is 52.4 Å². The summed E-state index contributed by atoms with van der Waals surface area (Å²) >= 11 is 0. The van der Waals surface area contributed by atoms with Gasteiger partial charge in [0.25, 0.3) is 5.56 Å². The van der Waals surface area contributed by atoms with Crippen molar-refractivity contribution in [1.82, 2.24) is 19.8 Å². The lowest BCUT2D eigenvalue weighted by Gasteiger charge is -2.26. The molecule has 1 N–H and O–H groups in total. The summed E-state index contributed by atoms with van der Waals surface area (Å²) in [5, 5.41) is 0. The Morgan fingerprint density at radius 3 is 2.79 bits per heavy atom. The topological polar surface area (TPSA) is 69.3 Å². The van der Waals surface area contributed by atoms with Gasteiger partial charge in [0, 0.05) is 31.9 Å². The normalized spacial score (nSPS) is 19.3. The molecule has 0 aliphatic carbocycles. The Bertz CT molecular complexity index is 526. The number of amides is 1. The molecule has 6 nitrogen and oxygen atoms in total. The van der Waals surface area contributed by atoms with Crippen LogP contribution < -0.4 is 5.56 Å². The van der Waals surface area contributed by atoms with Gasteiger partial charge in [-0.05, 0) is 20.3 Å². The second kappa shape index (κ2) is 5.52. The summed E-state index contributed by atoms with van der Waals surface area (Å²) in [6.07, 6.45) is 0.933. The molecule has 2 rings (SSSR count). The third-order valence-electron chi connectivity index (χ3n) is 3.53. The molecule has 0 aromatic carbocycles. The molecule has 104 valence electrons. The highest BCUT2D eigenvalue weighted by Crippen LogP contribution is 2.18. The van der Waals surface area contributed by atoms with Crippen molar-refractivity contribution in [3.63, 3.8) is 0 Å². The van der Waals surface area contributed by atoms with Crippen LogP contribution in [0.15, 0.2) is 10.9 Å². The summed E-state index contributed by atoms with van der Waals surface area (Å²) in [5.74, 6) is 0.738. The van der Waals surface area contributed by atoms with Gasteiger partial charge >= 0.3 is 0 Å². The van der Waals surface area contributed by atoms with E-state index in [-0.39, 0.29) is 17.5 Å². The van der Waals surface area contributed by atoms with E-state index in [9.17, 15) is 9.59 Å².